The van der Waals surface area contributed by atoms with Gasteiger partial charge in [-0.3, -0.25) is 14.4 Å². The highest BCUT2D eigenvalue weighted by Gasteiger charge is 2.35. The second-order valence-corrected chi connectivity index (χ2v) is 5.45. The molecular weight excluding hydrogens is 292 g/mol. The van der Waals surface area contributed by atoms with Crippen LogP contribution in [-0.4, -0.2) is 53.2 Å². The minimum atomic E-state index is -1.10. The van der Waals surface area contributed by atoms with E-state index in [-0.39, 0.29) is 12.3 Å². The van der Waals surface area contributed by atoms with Gasteiger partial charge >= 0.3 is 5.97 Å². The highest BCUT2D eigenvalue weighted by Crippen LogP contribution is 2.23. The van der Waals surface area contributed by atoms with Gasteiger partial charge in [-0.2, -0.15) is 0 Å². The van der Waals surface area contributed by atoms with E-state index < -0.39 is 17.9 Å². The molecule has 1 aliphatic heterocycles. The van der Waals surface area contributed by atoms with Crippen LogP contribution in [0.15, 0.2) is 29.2 Å². The second-order valence-electron chi connectivity index (χ2n) is 4.60. The number of carbonyl (C=O) groups is 3. The van der Waals surface area contributed by atoms with Gasteiger partial charge < -0.3 is 15.3 Å². The maximum Gasteiger partial charge on any atom is 0.305 e. The SMILES string of the molecule is CSc1ccccc1C(=O)N1CCNC(=O)C1CC(=O)O. The molecular formula is C14H16N2O4S. The Labute approximate surface area is 126 Å². The second kappa shape index (κ2) is 6.62. The van der Waals surface area contributed by atoms with Crippen molar-refractivity contribution in [2.45, 2.75) is 17.4 Å². The summed E-state index contributed by atoms with van der Waals surface area (Å²) in [5, 5.41) is 11.5. The topological polar surface area (TPSA) is 86.7 Å². The van der Waals surface area contributed by atoms with Crippen molar-refractivity contribution in [3.8, 4) is 0 Å². The van der Waals surface area contributed by atoms with Crippen molar-refractivity contribution in [1.82, 2.24) is 10.2 Å². The molecule has 1 aromatic rings. The van der Waals surface area contributed by atoms with E-state index in [0.29, 0.717) is 18.7 Å². The molecule has 1 fully saturated rings. The van der Waals surface area contributed by atoms with Crippen molar-refractivity contribution >= 4 is 29.5 Å². The number of rotatable bonds is 4. The minimum Gasteiger partial charge on any atom is -0.481 e. The van der Waals surface area contributed by atoms with Gasteiger partial charge in [-0.25, -0.2) is 0 Å². The monoisotopic (exact) mass is 308 g/mol. The van der Waals surface area contributed by atoms with E-state index in [1.165, 1.54) is 16.7 Å². The normalized spacial score (nSPS) is 18.2. The van der Waals surface area contributed by atoms with E-state index in [9.17, 15) is 14.4 Å². The maximum atomic E-state index is 12.7. The Morgan fingerprint density at radius 2 is 2.14 bits per heavy atom. The van der Waals surface area contributed by atoms with Crippen molar-refractivity contribution in [2.75, 3.05) is 19.3 Å². The lowest BCUT2D eigenvalue weighted by molar-refractivity contribution is -0.142. The molecule has 0 spiro atoms. The Balaban J connectivity index is 2.30. The third kappa shape index (κ3) is 3.36. The number of thioether (sulfide) groups is 1. The first-order valence-electron chi connectivity index (χ1n) is 6.48. The van der Waals surface area contributed by atoms with Gasteiger partial charge in [0.15, 0.2) is 0 Å². The molecule has 0 bridgehead atoms. The van der Waals surface area contributed by atoms with E-state index >= 15 is 0 Å². The van der Waals surface area contributed by atoms with E-state index in [0.717, 1.165) is 4.90 Å². The summed E-state index contributed by atoms with van der Waals surface area (Å²) in [5.41, 5.74) is 0.495. The van der Waals surface area contributed by atoms with Gasteiger partial charge in [-0.15, -0.1) is 11.8 Å². The fourth-order valence-corrected chi connectivity index (χ4v) is 2.89. The molecule has 7 heteroatoms. The van der Waals surface area contributed by atoms with Crippen LogP contribution in [0.1, 0.15) is 16.8 Å². The zero-order valence-electron chi connectivity index (χ0n) is 11.5. The Hall–Kier alpha value is -2.02. The largest absolute Gasteiger partial charge is 0.481 e. The van der Waals surface area contributed by atoms with E-state index in [2.05, 4.69) is 5.32 Å². The van der Waals surface area contributed by atoms with Gasteiger partial charge in [0.25, 0.3) is 5.91 Å². The third-order valence-electron chi connectivity index (χ3n) is 3.30. The van der Waals surface area contributed by atoms with Gasteiger partial charge in [0, 0.05) is 18.0 Å². The van der Waals surface area contributed by atoms with Crippen LogP contribution in [0, 0.1) is 0 Å². The zero-order valence-corrected chi connectivity index (χ0v) is 12.4. The Morgan fingerprint density at radius 3 is 2.81 bits per heavy atom. The highest BCUT2D eigenvalue weighted by atomic mass is 32.2. The number of nitrogens with zero attached hydrogens (tertiary/aromatic N) is 1. The highest BCUT2D eigenvalue weighted by molar-refractivity contribution is 7.98. The van der Waals surface area contributed by atoms with Crippen molar-refractivity contribution in [1.29, 1.82) is 0 Å². The number of hydrogen-bond donors (Lipinski definition) is 2. The number of benzene rings is 1. The van der Waals surface area contributed by atoms with Gasteiger partial charge in [0.1, 0.15) is 6.04 Å². The first-order valence-corrected chi connectivity index (χ1v) is 7.70. The number of piperazine rings is 1. The van der Waals surface area contributed by atoms with Crippen LogP contribution in [0.2, 0.25) is 0 Å². The van der Waals surface area contributed by atoms with E-state index in [1.807, 2.05) is 18.4 Å². The molecule has 0 saturated carbocycles. The molecule has 1 unspecified atom stereocenters. The number of amides is 2. The standard InChI is InChI=1S/C14H16N2O4S/c1-21-11-5-3-2-4-9(11)14(20)16-7-6-15-13(19)10(16)8-12(17)18/h2-5,10H,6-8H2,1H3,(H,15,19)(H,17,18). The summed E-state index contributed by atoms with van der Waals surface area (Å²) in [6.07, 6.45) is 1.47. The average Bonchev–Trinajstić information content (AvgIpc) is 2.48. The molecule has 2 N–H and O–H groups in total. The summed E-state index contributed by atoms with van der Waals surface area (Å²) < 4.78 is 0. The molecule has 1 atom stereocenters. The Morgan fingerprint density at radius 1 is 1.43 bits per heavy atom. The van der Waals surface area contributed by atoms with Crippen LogP contribution in [0.5, 0.6) is 0 Å². The number of nitrogens with one attached hydrogen (secondary N) is 1. The molecule has 0 aliphatic carbocycles. The molecule has 1 heterocycles. The Bertz CT molecular complexity index is 576. The summed E-state index contributed by atoms with van der Waals surface area (Å²) in [7, 11) is 0. The molecule has 21 heavy (non-hydrogen) atoms. The van der Waals surface area contributed by atoms with Crippen LogP contribution < -0.4 is 5.32 Å². The molecule has 1 aliphatic rings. The van der Waals surface area contributed by atoms with Crippen LogP contribution in [0.25, 0.3) is 0 Å². The number of carbonyl (C=O) groups excluding carboxylic acids is 2. The maximum absolute atomic E-state index is 12.7. The van der Waals surface area contributed by atoms with Crippen molar-refractivity contribution in [3.05, 3.63) is 29.8 Å². The van der Waals surface area contributed by atoms with Gasteiger partial charge in [0.2, 0.25) is 5.91 Å². The summed E-state index contributed by atoms with van der Waals surface area (Å²) in [4.78, 5) is 37.6. The van der Waals surface area contributed by atoms with Crippen LogP contribution in [0.3, 0.4) is 0 Å². The van der Waals surface area contributed by atoms with Crippen LogP contribution >= 0.6 is 11.8 Å². The molecule has 2 rings (SSSR count). The van der Waals surface area contributed by atoms with Crippen molar-refractivity contribution < 1.29 is 19.5 Å². The zero-order chi connectivity index (χ0) is 15.4. The molecule has 0 aromatic heterocycles. The Kier molecular flexibility index (Phi) is 4.85. The van der Waals surface area contributed by atoms with Crippen LogP contribution in [0.4, 0.5) is 0 Å². The number of carboxylic acids is 1. The predicted octanol–water partition coefficient (Wildman–Crippen LogP) is 0.824. The lowest BCUT2D eigenvalue weighted by atomic mass is 10.1. The predicted molar refractivity (Wildman–Crippen MR) is 78.3 cm³/mol. The summed E-state index contributed by atoms with van der Waals surface area (Å²) in [6.45, 7) is 0.646. The molecule has 6 nitrogen and oxygen atoms in total. The smallest absolute Gasteiger partial charge is 0.305 e. The lowest BCUT2D eigenvalue weighted by Gasteiger charge is -2.34. The molecule has 1 saturated heterocycles. The molecule has 1 aromatic carbocycles. The third-order valence-corrected chi connectivity index (χ3v) is 4.09. The van der Waals surface area contributed by atoms with Gasteiger partial charge in [0.05, 0.1) is 12.0 Å². The fourth-order valence-electron chi connectivity index (χ4n) is 2.30. The van der Waals surface area contributed by atoms with E-state index in [1.54, 1.807) is 12.1 Å². The van der Waals surface area contributed by atoms with Gasteiger partial charge in [-0.1, -0.05) is 12.1 Å². The van der Waals surface area contributed by atoms with E-state index in [4.69, 9.17) is 5.11 Å². The fraction of sp³-hybridized carbons (Fsp3) is 0.357. The summed E-state index contributed by atoms with van der Waals surface area (Å²) >= 11 is 1.44. The first-order chi connectivity index (χ1) is 10.0. The number of carboxylic acid groups (broad SMARTS) is 1. The minimum absolute atomic E-state index is 0.305. The summed E-state index contributed by atoms with van der Waals surface area (Å²) in [5.74, 6) is -1.83. The molecule has 2 amide bonds. The van der Waals surface area contributed by atoms with Gasteiger partial charge in [-0.05, 0) is 18.4 Å². The number of aliphatic carboxylic acids is 1. The van der Waals surface area contributed by atoms with Crippen molar-refractivity contribution in [3.63, 3.8) is 0 Å². The average molecular weight is 308 g/mol. The number of hydrogen-bond acceptors (Lipinski definition) is 4. The molecule has 0 radical (unpaired) electrons. The van der Waals surface area contributed by atoms with Crippen molar-refractivity contribution in [2.24, 2.45) is 0 Å². The quantitative estimate of drug-likeness (QED) is 0.804. The molecule has 112 valence electrons. The first kappa shape index (κ1) is 15.4. The lowest BCUT2D eigenvalue weighted by Crippen LogP contribution is -2.57. The van der Waals surface area contributed by atoms with Crippen LogP contribution in [-0.2, 0) is 9.59 Å². The summed E-state index contributed by atoms with van der Waals surface area (Å²) in [6, 6.07) is 6.15.